The van der Waals surface area contributed by atoms with Crippen LogP contribution in [0.1, 0.15) is 16.7 Å². The summed E-state index contributed by atoms with van der Waals surface area (Å²) in [6, 6.07) is 12.2. The van der Waals surface area contributed by atoms with Crippen LogP contribution < -0.4 is 5.32 Å². The molecule has 0 heterocycles. The van der Waals surface area contributed by atoms with Gasteiger partial charge < -0.3 is 5.32 Å². The molecule has 4 heteroatoms. The summed E-state index contributed by atoms with van der Waals surface area (Å²) >= 11 is 3.48. The molecule has 0 radical (unpaired) electrons. The third kappa shape index (κ3) is 3.33. The number of aryl methyl sites for hydroxylation is 1. The molecule has 2 rings (SSSR count). The van der Waals surface area contributed by atoms with E-state index in [1.165, 1.54) is 17.7 Å². The Hall–Kier alpha value is -1.86. The number of nitriles is 1. The number of benzene rings is 2. The highest BCUT2D eigenvalue weighted by Crippen LogP contribution is 2.20. The molecule has 2 aromatic carbocycles. The van der Waals surface area contributed by atoms with E-state index in [9.17, 15) is 4.39 Å². The highest BCUT2D eigenvalue weighted by Gasteiger charge is 2.04. The van der Waals surface area contributed by atoms with E-state index in [1.807, 2.05) is 31.2 Å². The number of nitrogens with one attached hydrogen (secondary N) is 1. The smallest absolute Gasteiger partial charge is 0.124 e. The Balaban J connectivity index is 2.14. The van der Waals surface area contributed by atoms with Gasteiger partial charge in [0.2, 0.25) is 0 Å². The van der Waals surface area contributed by atoms with Crippen molar-refractivity contribution >= 4 is 21.6 Å². The molecule has 0 atom stereocenters. The first-order valence-corrected chi connectivity index (χ1v) is 6.58. The largest absolute Gasteiger partial charge is 0.380 e. The predicted molar refractivity (Wildman–Crippen MR) is 77.3 cm³/mol. The molecular formula is C15H12BrFN2. The van der Waals surface area contributed by atoms with E-state index >= 15 is 0 Å². The van der Waals surface area contributed by atoms with Crippen molar-refractivity contribution in [1.29, 1.82) is 5.26 Å². The molecule has 2 nitrogen and oxygen atoms in total. The Morgan fingerprint density at radius 1 is 1.26 bits per heavy atom. The van der Waals surface area contributed by atoms with Crippen LogP contribution in [0.4, 0.5) is 10.1 Å². The van der Waals surface area contributed by atoms with Crippen LogP contribution in [0.3, 0.4) is 0 Å². The zero-order valence-corrected chi connectivity index (χ0v) is 12.0. The van der Waals surface area contributed by atoms with Crippen LogP contribution >= 0.6 is 15.9 Å². The summed E-state index contributed by atoms with van der Waals surface area (Å²) < 4.78 is 14.1. The van der Waals surface area contributed by atoms with Gasteiger partial charge in [0.05, 0.1) is 11.3 Å². The summed E-state index contributed by atoms with van der Waals surface area (Å²) in [6.07, 6.45) is 0. The second-order valence-electron chi connectivity index (χ2n) is 4.24. The normalized spacial score (nSPS) is 10.0. The Morgan fingerprint density at radius 3 is 2.74 bits per heavy atom. The van der Waals surface area contributed by atoms with Crippen LogP contribution in [0.2, 0.25) is 0 Å². The van der Waals surface area contributed by atoms with Crippen molar-refractivity contribution in [2.45, 2.75) is 13.5 Å². The van der Waals surface area contributed by atoms with Gasteiger partial charge in [0.1, 0.15) is 11.9 Å². The number of rotatable bonds is 3. The van der Waals surface area contributed by atoms with Crippen molar-refractivity contribution in [2.24, 2.45) is 0 Å². The van der Waals surface area contributed by atoms with Crippen molar-refractivity contribution in [3.05, 3.63) is 63.4 Å². The first-order chi connectivity index (χ1) is 9.10. The topological polar surface area (TPSA) is 35.8 Å². The first kappa shape index (κ1) is 13.6. The maximum atomic E-state index is 13.0. The quantitative estimate of drug-likeness (QED) is 0.911. The molecule has 0 fully saturated rings. The fourth-order valence-electron chi connectivity index (χ4n) is 1.71. The fourth-order valence-corrected chi connectivity index (χ4v) is 2.13. The van der Waals surface area contributed by atoms with Gasteiger partial charge in [-0.1, -0.05) is 28.1 Å². The van der Waals surface area contributed by atoms with Gasteiger partial charge in [0, 0.05) is 11.0 Å². The van der Waals surface area contributed by atoms with E-state index in [1.54, 1.807) is 6.07 Å². The summed E-state index contributed by atoms with van der Waals surface area (Å²) in [5.41, 5.74) is 3.21. The third-order valence-corrected chi connectivity index (χ3v) is 3.68. The Kier molecular flexibility index (Phi) is 4.18. The molecule has 0 spiro atoms. The van der Waals surface area contributed by atoms with E-state index < -0.39 is 5.82 Å². The lowest BCUT2D eigenvalue weighted by atomic mass is 10.1. The summed E-state index contributed by atoms with van der Waals surface area (Å²) in [4.78, 5) is 0. The summed E-state index contributed by atoms with van der Waals surface area (Å²) in [6.45, 7) is 2.61. The minimum atomic E-state index is -0.403. The molecule has 0 aliphatic heterocycles. The van der Waals surface area contributed by atoms with E-state index in [-0.39, 0.29) is 0 Å². The number of anilines is 1. The molecule has 0 bridgehead atoms. The maximum Gasteiger partial charge on any atom is 0.124 e. The molecule has 0 aliphatic carbocycles. The highest BCUT2D eigenvalue weighted by atomic mass is 79.9. The van der Waals surface area contributed by atoms with Crippen LogP contribution in [0.25, 0.3) is 0 Å². The zero-order chi connectivity index (χ0) is 13.8. The number of hydrogen-bond donors (Lipinski definition) is 1. The van der Waals surface area contributed by atoms with Crippen molar-refractivity contribution in [3.63, 3.8) is 0 Å². The van der Waals surface area contributed by atoms with Gasteiger partial charge in [-0.15, -0.1) is 0 Å². The molecule has 96 valence electrons. The lowest BCUT2D eigenvalue weighted by molar-refractivity contribution is 0.627. The lowest BCUT2D eigenvalue weighted by Crippen LogP contribution is -2.01. The van der Waals surface area contributed by atoms with Crippen LogP contribution in [-0.4, -0.2) is 0 Å². The van der Waals surface area contributed by atoms with Crippen LogP contribution in [-0.2, 0) is 6.54 Å². The van der Waals surface area contributed by atoms with Crippen LogP contribution in [0.15, 0.2) is 40.9 Å². The Bertz CT molecular complexity index is 647. The van der Waals surface area contributed by atoms with Crippen LogP contribution in [0, 0.1) is 24.1 Å². The summed E-state index contributed by atoms with van der Waals surface area (Å²) in [7, 11) is 0. The standard InChI is InChI=1S/C15H12BrFN2/c1-10-2-3-11(6-14(10)16)9-19-15-5-4-13(17)7-12(15)8-18/h2-7,19H,9H2,1H3. The molecule has 0 aromatic heterocycles. The lowest BCUT2D eigenvalue weighted by Gasteiger charge is -2.09. The fraction of sp³-hybridized carbons (Fsp3) is 0.133. The van der Waals surface area contributed by atoms with Gasteiger partial charge in [-0.05, 0) is 42.3 Å². The maximum absolute atomic E-state index is 13.0. The third-order valence-electron chi connectivity index (χ3n) is 2.82. The first-order valence-electron chi connectivity index (χ1n) is 5.78. The monoisotopic (exact) mass is 318 g/mol. The molecule has 0 aliphatic rings. The van der Waals surface area contributed by atoms with E-state index in [0.29, 0.717) is 17.8 Å². The molecule has 1 N–H and O–H groups in total. The van der Waals surface area contributed by atoms with Gasteiger partial charge >= 0.3 is 0 Å². The minimum absolute atomic E-state index is 0.311. The van der Waals surface area contributed by atoms with E-state index in [2.05, 4.69) is 21.2 Å². The molecule has 0 amide bonds. The highest BCUT2D eigenvalue weighted by molar-refractivity contribution is 9.10. The van der Waals surface area contributed by atoms with Gasteiger partial charge in [0.25, 0.3) is 0 Å². The van der Waals surface area contributed by atoms with Gasteiger partial charge in [-0.25, -0.2) is 4.39 Å². The van der Waals surface area contributed by atoms with Crippen molar-refractivity contribution < 1.29 is 4.39 Å². The van der Waals surface area contributed by atoms with Crippen molar-refractivity contribution in [3.8, 4) is 6.07 Å². The molecular weight excluding hydrogens is 307 g/mol. The Morgan fingerprint density at radius 2 is 2.05 bits per heavy atom. The number of hydrogen-bond acceptors (Lipinski definition) is 2. The van der Waals surface area contributed by atoms with E-state index in [4.69, 9.17) is 5.26 Å². The van der Waals surface area contributed by atoms with Gasteiger partial charge in [-0.2, -0.15) is 5.26 Å². The second kappa shape index (κ2) is 5.85. The summed E-state index contributed by atoms with van der Waals surface area (Å²) in [5.74, 6) is -0.403. The average molecular weight is 319 g/mol. The molecule has 19 heavy (non-hydrogen) atoms. The minimum Gasteiger partial charge on any atom is -0.380 e. The molecule has 0 unspecified atom stereocenters. The average Bonchev–Trinajstić information content (AvgIpc) is 2.41. The van der Waals surface area contributed by atoms with Gasteiger partial charge in [-0.3, -0.25) is 0 Å². The zero-order valence-electron chi connectivity index (χ0n) is 10.4. The number of nitrogens with zero attached hydrogens (tertiary/aromatic N) is 1. The molecule has 0 saturated carbocycles. The molecule has 0 saturated heterocycles. The Labute approximate surface area is 120 Å². The predicted octanol–water partition coefficient (Wildman–Crippen LogP) is 4.38. The van der Waals surface area contributed by atoms with E-state index in [0.717, 1.165) is 10.0 Å². The van der Waals surface area contributed by atoms with Crippen molar-refractivity contribution in [2.75, 3.05) is 5.32 Å². The summed E-state index contributed by atoms with van der Waals surface area (Å²) in [5, 5.41) is 12.1. The molecule has 2 aromatic rings. The SMILES string of the molecule is Cc1ccc(CNc2ccc(F)cc2C#N)cc1Br. The second-order valence-corrected chi connectivity index (χ2v) is 5.09. The van der Waals surface area contributed by atoms with Gasteiger partial charge in [0.15, 0.2) is 0 Å². The van der Waals surface area contributed by atoms with Crippen LogP contribution in [0.5, 0.6) is 0 Å². The van der Waals surface area contributed by atoms with Crippen molar-refractivity contribution in [1.82, 2.24) is 0 Å². The number of halogens is 2.